The molecule has 2 fully saturated rings. The highest BCUT2D eigenvalue weighted by molar-refractivity contribution is 5.78. The lowest BCUT2D eigenvalue weighted by atomic mass is 9.76. The summed E-state index contributed by atoms with van der Waals surface area (Å²) < 4.78 is 70.1. The van der Waals surface area contributed by atoms with Crippen LogP contribution in [0.15, 0.2) is 48.8 Å². The van der Waals surface area contributed by atoms with Crippen LogP contribution in [-0.4, -0.2) is 75.0 Å². The van der Waals surface area contributed by atoms with Gasteiger partial charge in [0, 0.05) is 50.4 Å². The van der Waals surface area contributed by atoms with Crippen LogP contribution in [0.4, 0.5) is 26.3 Å². The molecule has 9 nitrogen and oxygen atoms in total. The molecule has 3 heterocycles. The van der Waals surface area contributed by atoms with Crippen LogP contribution in [0.1, 0.15) is 55.6 Å². The van der Waals surface area contributed by atoms with E-state index >= 15 is 0 Å². The van der Waals surface area contributed by atoms with E-state index in [1.807, 2.05) is 24.5 Å². The Morgan fingerprint density at radius 2 is 1.53 bits per heavy atom. The largest absolute Gasteiger partial charge is 0.490 e. The Hall–Kier alpha value is -3.88. The number of pyridine rings is 1. The molecule has 1 spiro atoms. The number of hydrogen-bond donors (Lipinski definition) is 3. The fraction of sp³-hybridized carbons (Fsp3) is 0.500. The zero-order valence-electron chi connectivity index (χ0n) is 22.8. The van der Waals surface area contributed by atoms with E-state index < -0.39 is 24.3 Å². The Labute approximate surface area is 242 Å². The van der Waals surface area contributed by atoms with Gasteiger partial charge in [0.05, 0.1) is 0 Å². The minimum Gasteiger partial charge on any atom is -0.487 e. The van der Waals surface area contributed by atoms with Crippen molar-refractivity contribution >= 4 is 17.8 Å². The molecule has 3 aliphatic rings. The lowest BCUT2D eigenvalue weighted by Crippen LogP contribution is -2.50. The molecule has 0 bridgehead atoms. The summed E-state index contributed by atoms with van der Waals surface area (Å²) in [4.78, 5) is 37.0. The fourth-order valence-electron chi connectivity index (χ4n) is 4.84. The number of rotatable bonds is 5. The van der Waals surface area contributed by atoms with Crippen molar-refractivity contribution in [1.29, 1.82) is 0 Å². The Kier molecular flexibility index (Phi) is 11.0. The second kappa shape index (κ2) is 14.1. The number of ether oxygens (including phenoxy) is 1. The first-order valence-electron chi connectivity index (χ1n) is 13.4. The highest BCUT2D eigenvalue weighted by atomic mass is 19.4. The third-order valence-corrected chi connectivity index (χ3v) is 7.06. The maximum absolute atomic E-state index is 12.5. The molecule has 1 saturated heterocycles. The van der Waals surface area contributed by atoms with Crippen molar-refractivity contribution in [3.63, 3.8) is 0 Å². The lowest BCUT2D eigenvalue weighted by Gasteiger charge is -2.47. The van der Waals surface area contributed by atoms with Gasteiger partial charge in [-0.3, -0.25) is 14.7 Å². The Balaban J connectivity index is 0.000000303. The van der Waals surface area contributed by atoms with Crippen molar-refractivity contribution in [1.82, 2.24) is 15.2 Å². The molecule has 1 unspecified atom stereocenters. The number of alkyl halides is 6. The number of carbonyl (C=O) groups excluding carboxylic acids is 1. The number of carbonyl (C=O) groups is 3. The fourth-order valence-corrected chi connectivity index (χ4v) is 4.84. The minimum atomic E-state index is -5.08. The Morgan fingerprint density at radius 1 is 0.953 bits per heavy atom. The summed E-state index contributed by atoms with van der Waals surface area (Å²) in [6.45, 7) is 2.96. The van der Waals surface area contributed by atoms with Crippen molar-refractivity contribution in [2.24, 2.45) is 0 Å². The van der Waals surface area contributed by atoms with Gasteiger partial charge in [0.15, 0.2) is 0 Å². The van der Waals surface area contributed by atoms with Gasteiger partial charge in [-0.2, -0.15) is 26.3 Å². The molecule has 15 heteroatoms. The van der Waals surface area contributed by atoms with E-state index in [1.165, 1.54) is 11.1 Å². The van der Waals surface area contributed by atoms with Crippen molar-refractivity contribution < 1.29 is 55.7 Å². The second-order valence-corrected chi connectivity index (χ2v) is 10.5. The van der Waals surface area contributed by atoms with Gasteiger partial charge < -0.3 is 20.3 Å². The molecule has 5 rings (SSSR count). The molecular weight excluding hydrogens is 588 g/mol. The molecule has 3 N–H and O–H groups in total. The number of aliphatic carboxylic acids is 2. The van der Waals surface area contributed by atoms with Crippen molar-refractivity contribution in [3.8, 4) is 5.75 Å². The number of likely N-dealkylation sites (tertiary alicyclic amines) is 1. The lowest BCUT2D eigenvalue weighted by molar-refractivity contribution is -0.193. The smallest absolute Gasteiger partial charge is 0.487 e. The number of nitrogens with zero attached hydrogens (tertiary/aromatic N) is 2. The van der Waals surface area contributed by atoms with Crippen LogP contribution in [0.5, 0.6) is 5.75 Å². The number of aromatic nitrogens is 1. The van der Waals surface area contributed by atoms with Crippen LogP contribution in [0, 0.1) is 0 Å². The molecule has 1 amide bonds. The summed E-state index contributed by atoms with van der Waals surface area (Å²) >= 11 is 0. The topological polar surface area (TPSA) is 129 Å². The van der Waals surface area contributed by atoms with Crippen molar-refractivity contribution in [2.75, 3.05) is 13.1 Å². The average Bonchev–Trinajstić information content (AvgIpc) is 3.74. The molecule has 1 atom stereocenters. The quantitative estimate of drug-likeness (QED) is 0.403. The first-order valence-corrected chi connectivity index (χ1v) is 13.4. The Morgan fingerprint density at radius 3 is 2.05 bits per heavy atom. The van der Waals surface area contributed by atoms with Gasteiger partial charge in [-0.05, 0) is 55.4 Å². The highest BCUT2D eigenvalue weighted by Crippen LogP contribution is 2.46. The number of fused-ring (bicyclic) bond motifs is 1. The molecular formula is C28H31F6N3O6. The summed E-state index contributed by atoms with van der Waals surface area (Å²) in [5.74, 6) is -4.11. The van der Waals surface area contributed by atoms with Gasteiger partial charge >= 0.3 is 24.3 Å². The number of carboxylic acids is 2. The van der Waals surface area contributed by atoms with E-state index in [2.05, 4.69) is 39.5 Å². The Bertz CT molecular complexity index is 1220. The van der Waals surface area contributed by atoms with Crippen molar-refractivity contribution in [3.05, 3.63) is 59.9 Å². The van der Waals surface area contributed by atoms with Crippen molar-refractivity contribution in [2.45, 2.75) is 75.0 Å². The van der Waals surface area contributed by atoms with Crippen LogP contribution in [0.25, 0.3) is 0 Å². The molecule has 1 aliphatic carbocycles. The maximum atomic E-state index is 12.5. The molecule has 1 saturated carbocycles. The average molecular weight is 620 g/mol. The summed E-state index contributed by atoms with van der Waals surface area (Å²) in [7, 11) is 0. The van der Waals surface area contributed by atoms with Gasteiger partial charge in [0.25, 0.3) is 0 Å². The van der Waals surface area contributed by atoms with Gasteiger partial charge in [-0.1, -0.05) is 24.3 Å². The number of benzene rings is 1. The van der Waals surface area contributed by atoms with Crippen LogP contribution in [0.3, 0.4) is 0 Å². The third-order valence-electron chi connectivity index (χ3n) is 7.06. The number of amides is 1. The van der Waals surface area contributed by atoms with Crippen LogP contribution in [0.2, 0.25) is 0 Å². The molecule has 2 aliphatic heterocycles. The first kappa shape index (κ1) is 33.6. The number of carboxylic acid groups (broad SMARTS) is 2. The van der Waals surface area contributed by atoms with Crippen LogP contribution < -0.4 is 10.1 Å². The van der Waals surface area contributed by atoms with E-state index in [1.54, 1.807) is 0 Å². The normalized spacial score (nSPS) is 19.3. The number of nitrogens with one attached hydrogen (secondary N) is 1. The molecule has 43 heavy (non-hydrogen) atoms. The summed E-state index contributed by atoms with van der Waals surface area (Å²) in [6, 6.07) is 12.9. The van der Waals surface area contributed by atoms with Gasteiger partial charge in [0.2, 0.25) is 5.91 Å². The molecule has 0 radical (unpaired) electrons. The molecule has 1 aromatic carbocycles. The number of halogens is 6. The summed E-state index contributed by atoms with van der Waals surface area (Å²) in [6.07, 6.45) is -0.626. The van der Waals surface area contributed by atoms with E-state index in [4.69, 9.17) is 24.5 Å². The minimum absolute atomic E-state index is 0.148. The predicted molar refractivity (Wildman–Crippen MR) is 139 cm³/mol. The number of piperidine rings is 1. The van der Waals surface area contributed by atoms with Gasteiger partial charge in [-0.25, -0.2) is 9.59 Å². The molecule has 1 aromatic heterocycles. The number of hydrogen-bond acceptors (Lipinski definition) is 6. The zero-order valence-corrected chi connectivity index (χ0v) is 22.8. The maximum Gasteiger partial charge on any atom is 0.490 e. The van der Waals surface area contributed by atoms with Gasteiger partial charge in [-0.15, -0.1) is 0 Å². The van der Waals surface area contributed by atoms with E-state index in [9.17, 15) is 31.1 Å². The highest BCUT2D eigenvalue weighted by Gasteiger charge is 2.44. The third kappa shape index (κ3) is 10.7. The standard InChI is InChI=1S/C24H29N3O2.2C2HF3O2/c28-23(26-20-7-8-20)14-19-15-24(29-22-6-2-1-5-21(19)22)9-12-27(13-10-24)17-18-4-3-11-25-16-18;2*3-2(4,5)1(6)7/h1-6,11,16,19-20H,7-10,12-15,17H2,(H,26,28);2*(H,6,7). The summed E-state index contributed by atoms with van der Waals surface area (Å²) in [5.41, 5.74) is 2.31. The van der Waals surface area contributed by atoms with Crippen LogP contribution in [-0.2, 0) is 20.9 Å². The number of para-hydroxylation sites is 1. The predicted octanol–water partition coefficient (Wildman–Crippen LogP) is 4.92. The summed E-state index contributed by atoms with van der Waals surface area (Å²) in [5, 5.41) is 17.4. The zero-order chi connectivity index (χ0) is 31.8. The molecule has 2 aromatic rings. The monoisotopic (exact) mass is 619 g/mol. The van der Waals surface area contributed by atoms with E-state index in [-0.39, 0.29) is 17.4 Å². The molecule has 236 valence electrons. The van der Waals surface area contributed by atoms with E-state index in [0.717, 1.165) is 57.5 Å². The van der Waals surface area contributed by atoms with E-state index in [0.29, 0.717) is 12.5 Å². The van der Waals surface area contributed by atoms with Crippen LogP contribution >= 0.6 is 0 Å². The van der Waals surface area contributed by atoms with Gasteiger partial charge in [0.1, 0.15) is 11.4 Å². The first-order chi connectivity index (χ1) is 20.1. The second-order valence-electron chi connectivity index (χ2n) is 10.5. The SMILES string of the molecule is O=C(CC1CC2(CCN(Cc3cccnc3)CC2)Oc2ccccc21)NC1CC1.O=C(O)C(F)(F)F.O=C(O)C(F)(F)F.